The van der Waals surface area contributed by atoms with Crippen LogP contribution in [0.2, 0.25) is 78.6 Å². The molecule has 0 aromatic heterocycles. The summed E-state index contributed by atoms with van der Waals surface area (Å²) >= 11 is 0. The minimum atomic E-state index is -0.981. The fraction of sp³-hybridized carbons (Fsp3) is 1.00. The molecule has 0 aliphatic carbocycles. The normalized spacial score (nSPS) is 13.3. The van der Waals surface area contributed by atoms with E-state index < -0.39 is 32.9 Å². The van der Waals surface area contributed by atoms with E-state index >= 15 is 0 Å². The summed E-state index contributed by atoms with van der Waals surface area (Å²) in [6.45, 7) is 28.2. The number of hydrogen-bond donors (Lipinski definition) is 2. The Labute approximate surface area is 138 Å². The first kappa shape index (κ1) is 25.3. The van der Waals surface area contributed by atoms with Crippen LogP contribution in [0.15, 0.2) is 0 Å². The molecule has 0 aromatic carbocycles. The Kier molecular flexibility index (Phi) is 11.6. The van der Waals surface area contributed by atoms with E-state index in [0.717, 1.165) is 0 Å². The fourth-order valence-electron chi connectivity index (χ4n) is 2.25. The second-order valence-electron chi connectivity index (χ2n) is 9.25. The molecule has 120 valence electrons. The van der Waals surface area contributed by atoms with Gasteiger partial charge >= 0.3 is 17.6 Å². The summed E-state index contributed by atoms with van der Waals surface area (Å²) in [5.74, 6) is 0. The van der Waals surface area contributed by atoms with Gasteiger partial charge in [-0.2, -0.15) is 0 Å². The Hall–Kier alpha value is 1.33. The molecule has 2 nitrogen and oxygen atoms in total. The SMILES string of the molecule is C[Si](C)(C)N[Si](C)(C)C.C[Si](C)(C)N[Si](C)(C)C.[GeH4]. The molecule has 0 atom stereocenters. The molecule has 0 spiro atoms. The first-order valence-electron chi connectivity index (χ1n) is 7.00. The second-order valence-corrected chi connectivity index (χ2v) is 29.2. The number of nitrogens with one attached hydrogen (secondary N) is 2. The van der Waals surface area contributed by atoms with E-state index in [9.17, 15) is 0 Å². The Morgan fingerprint density at radius 3 is 0.474 bits per heavy atom. The Morgan fingerprint density at radius 1 is 0.368 bits per heavy atom. The van der Waals surface area contributed by atoms with Gasteiger partial charge in [0, 0.05) is 0 Å². The van der Waals surface area contributed by atoms with Crippen LogP contribution in [0.1, 0.15) is 0 Å². The third-order valence-electron chi connectivity index (χ3n) is 1.50. The first-order chi connectivity index (χ1) is 7.41. The Balaban J connectivity index is -0.000000256. The van der Waals surface area contributed by atoms with Gasteiger partial charge in [-0.25, -0.2) is 0 Å². The second kappa shape index (κ2) is 8.70. The molecule has 0 radical (unpaired) electrons. The van der Waals surface area contributed by atoms with Crippen molar-refractivity contribution in [2.75, 3.05) is 0 Å². The minimum absolute atomic E-state index is 0. The molecule has 0 aliphatic rings. The van der Waals surface area contributed by atoms with Gasteiger partial charge in [0.25, 0.3) is 0 Å². The number of rotatable bonds is 4. The van der Waals surface area contributed by atoms with Crippen molar-refractivity contribution in [3.05, 3.63) is 0 Å². The maximum absolute atomic E-state index is 3.74. The van der Waals surface area contributed by atoms with Gasteiger partial charge in [0.05, 0.1) is 0 Å². The zero-order valence-corrected chi connectivity index (χ0v) is 19.0. The molecule has 0 heterocycles. The molecule has 0 bridgehead atoms. The van der Waals surface area contributed by atoms with Crippen molar-refractivity contribution >= 4 is 50.5 Å². The molecule has 0 aliphatic heterocycles. The molecule has 0 rings (SSSR count). The average molecular weight is 399 g/mol. The zero-order valence-electron chi connectivity index (χ0n) is 15.0. The molecule has 0 aromatic rings. The summed E-state index contributed by atoms with van der Waals surface area (Å²) in [6, 6.07) is 0. The van der Waals surface area contributed by atoms with Crippen LogP contribution in [0.4, 0.5) is 0 Å². The van der Waals surface area contributed by atoms with E-state index in [1.807, 2.05) is 0 Å². The monoisotopic (exact) mass is 400 g/mol. The Bertz CT molecular complexity index is 184. The molecule has 19 heavy (non-hydrogen) atoms. The van der Waals surface area contributed by atoms with Gasteiger partial charge in [0.1, 0.15) is 32.9 Å². The molecule has 0 fully saturated rings. The molecular weight excluding hydrogens is 357 g/mol. The molecule has 0 saturated heterocycles. The third kappa shape index (κ3) is 32.7. The van der Waals surface area contributed by atoms with Gasteiger partial charge in [0.15, 0.2) is 0 Å². The summed E-state index contributed by atoms with van der Waals surface area (Å²) in [4.78, 5) is 0. The number of hydrogen-bond acceptors (Lipinski definition) is 2. The van der Waals surface area contributed by atoms with E-state index in [-0.39, 0.29) is 17.6 Å². The van der Waals surface area contributed by atoms with Crippen LogP contribution in [-0.4, -0.2) is 50.5 Å². The zero-order chi connectivity index (χ0) is 15.4. The van der Waals surface area contributed by atoms with Crippen molar-refractivity contribution in [3.8, 4) is 0 Å². The van der Waals surface area contributed by atoms with Gasteiger partial charge < -0.3 is 9.30 Å². The average Bonchev–Trinajstić information content (AvgIpc) is 1.64. The molecular formula is C12H42GeN2Si4. The van der Waals surface area contributed by atoms with Gasteiger partial charge in [-0.1, -0.05) is 78.6 Å². The van der Waals surface area contributed by atoms with Crippen LogP contribution in [0, 0.1) is 0 Å². The van der Waals surface area contributed by atoms with Crippen molar-refractivity contribution in [3.63, 3.8) is 0 Å². The standard InChI is InChI=1S/2C6H19NSi2.GeH4/c2*1-8(2,3)7-9(4,5)6;/h2*7H,1-6H3;1H4. The van der Waals surface area contributed by atoms with Crippen LogP contribution in [-0.2, 0) is 0 Å². The van der Waals surface area contributed by atoms with Gasteiger partial charge in [-0.15, -0.1) is 0 Å². The van der Waals surface area contributed by atoms with Crippen LogP contribution in [0.25, 0.3) is 0 Å². The summed E-state index contributed by atoms with van der Waals surface area (Å²) in [5, 5.41) is 0. The quantitative estimate of drug-likeness (QED) is 0.711. The van der Waals surface area contributed by atoms with Crippen molar-refractivity contribution in [2.24, 2.45) is 0 Å². The van der Waals surface area contributed by atoms with Gasteiger partial charge in [-0.05, 0) is 0 Å². The molecule has 0 saturated carbocycles. The van der Waals surface area contributed by atoms with Crippen molar-refractivity contribution in [1.29, 1.82) is 0 Å². The summed E-state index contributed by atoms with van der Waals surface area (Å²) in [6.07, 6.45) is 0. The van der Waals surface area contributed by atoms with E-state index in [4.69, 9.17) is 0 Å². The summed E-state index contributed by atoms with van der Waals surface area (Å²) < 4.78 is 7.47. The fourth-order valence-corrected chi connectivity index (χ4v) is 20.2. The van der Waals surface area contributed by atoms with Crippen molar-refractivity contribution in [2.45, 2.75) is 78.6 Å². The van der Waals surface area contributed by atoms with Crippen LogP contribution in [0.3, 0.4) is 0 Å². The topological polar surface area (TPSA) is 24.1 Å². The molecule has 0 amide bonds. The van der Waals surface area contributed by atoms with Gasteiger partial charge in [-0.3, -0.25) is 0 Å². The summed E-state index contributed by atoms with van der Waals surface area (Å²) in [7, 11) is -3.92. The van der Waals surface area contributed by atoms with E-state index in [1.54, 1.807) is 0 Å². The van der Waals surface area contributed by atoms with Crippen LogP contribution >= 0.6 is 0 Å². The van der Waals surface area contributed by atoms with E-state index in [1.165, 1.54) is 0 Å². The molecule has 2 N–H and O–H groups in total. The first-order valence-corrected chi connectivity index (χ1v) is 21.0. The van der Waals surface area contributed by atoms with Crippen LogP contribution < -0.4 is 9.30 Å². The Morgan fingerprint density at radius 2 is 0.474 bits per heavy atom. The molecule has 7 heteroatoms. The van der Waals surface area contributed by atoms with Gasteiger partial charge in [0.2, 0.25) is 0 Å². The third-order valence-corrected chi connectivity index (χ3v) is 13.5. The van der Waals surface area contributed by atoms with E-state index in [2.05, 4.69) is 87.9 Å². The predicted octanol–water partition coefficient (Wildman–Crippen LogP) is 3.04. The molecule has 0 unspecified atom stereocenters. The summed E-state index contributed by atoms with van der Waals surface area (Å²) in [5.41, 5.74) is 0. The van der Waals surface area contributed by atoms with Crippen LogP contribution in [0.5, 0.6) is 0 Å². The van der Waals surface area contributed by atoms with E-state index in [0.29, 0.717) is 0 Å². The predicted molar refractivity (Wildman–Crippen MR) is 111 cm³/mol. The van der Waals surface area contributed by atoms with Crippen molar-refractivity contribution in [1.82, 2.24) is 9.30 Å². The maximum atomic E-state index is 3.74. The van der Waals surface area contributed by atoms with Crippen molar-refractivity contribution < 1.29 is 0 Å².